The van der Waals surface area contributed by atoms with E-state index in [0.717, 1.165) is 70.7 Å². The first kappa shape index (κ1) is 25.6. The van der Waals surface area contributed by atoms with Crippen molar-refractivity contribution in [2.45, 2.75) is 58.5 Å². The van der Waals surface area contributed by atoms with Gasteiger partial charge in [-0.1, -0.05) is 42.5 Å². The lowest BCUT2D eigenvalue weighted by atomic mass is 9.90. The lowest BCUT2D eigenvalue weighted by molar-refractivity contribution is -0.152. The van der Waals surface area contributed by atoms with Gasteiger partial charge in [-0.3, -0.25) is 0 Å². The van der Waals surface area contributed by atoms with E-state index in [2.05, 4.69) is 24.3 Å². The first-order chi connectivity index (χ1) is 18.3. The Morgan fingerprint density at radius 2 is 1.58 bits per heavy atom. The molecule has 0 aliphatic heterocycles. The Balaban J connectivity index is 1.29. The topological polar surface area (TPSA) is 81.8 Å². The number of nitrogens with zero attached hydrogens (tertiary/aromatic N) is 1. The van der Waals surface area contributed by atoms with Gasteiger partial charge in [0.2, 0.25) is 5.89 Å². The van der Waals surface area contributed by atoms with Gasteiger partial charge in [0.1, 0.15) is 17.3 Å². The zero-order valence-corrected chi connectivity index (χ0v) is 22.1. The number of aryl methyl sites for hydroxylation is 1. The standard InChI is InChI=1S/C32H33NO5/c1-21-27(33-30(37-21)24-13-9-12-23(20-24)22-10-5-4-6-11-22)18-19-36-28-16-17-29(38-32(2,3)31(34)35)26-15-8-7-14-25(26)28/h4-6,9-13,16-17,20H,7-8,14-15,18-19H2,1-3H3,(H,34,35). The second-order valence-electron chi connectivity index (χ2n) is 10.2. The summed E-state index contributed by atoms with van der Waals surface area (Å²) in [5.74, 6) is 1.87. The number of carboxylic acid groups (broad SMARTS) is 1. The van der Waals surface area contributed by atoms with Crippen LogP contribution in [0.2, 0.25) is 0 Å². The maximum atomic E-state index is 11.6. The number of oxazole rings is 1. The maximum Gasteiger partial charge on any atom is 0.347 e. The number of rotatable bonds is 9. The minimum Gasteiger partial charge on any atom is -0.493 e. The molecule has 6 heteroatoms. The Kier molecular flexibility index (Phi) is 7.23. The summed E-state index contributed by atoms with van der Waals surface area (Å²) < 4.78 is 18.2. The predicted molar refractivity (Wildman–Crippen MR) is 147 cm³/mol. The van der Waals surface area contributed by atoms with Crippen LogP contribution in [0.5, 0.6) is 11.5 Å². The fraction of sp³-hybridized carbons (Fsp3) is 0.312. The van der Waals surface area contributed by atoms with Crippen LogP contribution in [0.4, 0.5) is 0 Å². The molecule has 0 saturated carbocycles. The highest BCUT2D eigenvalue weighted by Crippen LogP contribution is 2.38. The van der Waals surface area contributed by atoms with E-state index in [1.165, 1.54) is 0 Å². The smallest absolute Gasteiger partial charge is 0.347 e. The molecule has 1 aliphatic carbocycles. The van der Waals surface area contributed by atoms with E-state index >= 15 is 0 Å². The van der Waals surface area contributed by atoms with Gasteiger partial charge in [-0.05, 0) is 81.8 Å². The summed E-state index contributed by atoms with van der Waals surface area (Å²) >= 11 is 0. The van der Waals surface area contributed by atoms with Crippen LogP contribution in [0.15, 0.2) is 71.1 Å². The second-order valence-corrected chi connectivity index (χ2v) is 10.2. The van der Waals surface area contributed by atoms with Gasteiger partial charge in [0, 0.05) is 23.1 Å². The number of benzene rings is 3. The van der Waals surface area contributed by atoms with Crippen LogP contribution in [0.25, 0.3) is 22.6 Å². The number of aliphatic carboxylic acids is 1. The quantitative estimate of drug-likeness (QED) is 0.259. The van der Waals surface area contributed by atoms with Crippen molar-refractivity contribution in [3.8, 4) is 34.1 Å². The van der Waals surface area contributed by atoms with Crippen molar-refractivity contribution >= 4 is 5.97 Å². The van der Waals surface area contributed by atoms with Crippen LogP contribution in [0.3, 0.4) is 0 Å². The molecule has 6 nitrogen and oxygen atoms in total. The van der Waals surface area contributed by atoms with E-state index in [1.807, 2.05) is 49.4 Å². The molecule has 4 aromatic rings. The molecule has 3 aromatic carbocycles. The Morgan fingerprint density at radius 3 is 2.32 bits per heavy atom. The summed E-state index contributed by atoms with van der Waals surface area (Å²) in [5.41, 5.74) is 4.96. The molecule has 1 aliphatic rings. The average molecular weight is 512 g/mol. The molecule has 0 radical (unpaired) electrons. The predicted octanol–water partition coefficient (Wildman–Crippen LogP) is 7.06. The fourth-order valence-corrected chi connectivity index (χ4v) is 4.85. The molecule has 5 rings (SSSR count). The summed E-state index contributed by atoms with van der Waals surface area (Å²) in [4.78, 5) is 16.4. The first-order valence-corrected chi connectivity index (χ1v) is 13.1. The highest BCUT2D eigenvalue weighted by atomic mass is 16.5. The minimum absolute atomic E-state index is 0.462. The third-order valence-electron chi connectivity index (χ3n) is 7.03. The molecule has 196 valence electrons. The van der Waals surface area contributed by atoms with Gasteiger partial charge in [-0.25, -0.2) is 9.78 Å². The zero-order chi connectivity index (χ0) is 26.7. The van der Waals surface area contributed by atoms with Crippen molar-refractivity contribution in [1.82, 2.24) is 4.98 Å². The van der Waals surface area contributed by atoms with E-state index in [1.54, 1.807) is 13.8 Å². The summed E-state index contributed by atoms with van der Waals surface area (Å²) in [6.07, 6.45) is 4.48. The van der Waals surface area contributed by atoms with Crippen molar-refractivity contribution in [3.05, 3.63) is 89.3 Å². The Morgan fingerprint density at radius 1 is 0.921 bits per heavy atom. The van der Waals surface area contributed by atoms with Crippen LogP contribution >= 0.6 is 0 Å². The number of carboxylic acids is 1. The third-order valence-corrected chi connectivity index (χ3v) is 7.03. The number of hydrogen-bond donors (Lipinski definition) is 1. The largest absolute Gasteiger partial charge is 0.493 e. The van der Waals surface area contributed by atoms with Crippen molar-refractivity contribution in [2.75, 3.05) is 6.61 Å². The van der Waals surface area contributed by atoms with Crippen molar-refractivity contribution in [2.24, 2.45) is 0 Å². The molecular formula is C32H33NO5. The fourth-order valence-electron chi connectivity index (χ4n) is 4.85. The Bertz CT molecular complexity index is 1440. The van der Waals surface area contributed by atoms with Gasteiger partial charge < -0.3 is 19.0 Å². The minimum atomic E-state index is -1.30. The number of hydrogen-bond acceptors (Lipinski definition) is 5. The van der Waals surface area contributed by atoms with Crippen molar-refractivity contribution in [1.29, 1.82) is 0 Å². The molecule has 0 saturated heterocycles. The number of aromatic nitrogens is 1. The molecule has 38 heavy (non-hydrogen) atoms. The normalized spacial score (nSPS) is 13.1. The lowest BCUT2D eigenvalue weighted by Gasteiger charge is -2.27. The van der Waals surface area contributed by atoms with Gasteiger partial charge in [0.25, 0.3) is 0 Å². The maximum absolute atomic E-state index is 11.6. The second kappa shape index (κ2) is 10.7. The molecule has 1 heterocycles. The molecule has 0 amide bonds. The SMILES string of the molecule is Cc1oc(-c2cccc(-c3ccccc3)c2)nc1CCOc1ccc(OC(C)(C)C(=O)O)c2c1CCCC2. The van der Waals surface area contributed by atoms with E-state index in [-0.39, 0.29) is 0 Å². The van der Waals surface area contributed by atoms with Crippen LogP contribution in [-0.2, 0) is 24.1 Å². The van der Waals surface area contributed by atoms with Crippen molar-refractivity contribution < 1.29 is 23.8 Å². The molecular weight excluding hydrogens is 478 g/mol. The van der Waals surface area contributed by atoms with E-state index in [4.69, 9.17) is 18.9 Å². The number of ether oxygens (including phenoxy) is 2. The number of carbonyl (C=O) groups is 1. The van der Waals surface area contributed by atoms with Crippen LogP contribution in [0.1, 0.15) is 49.3 Å². The molecule has 0 bridgehead atoms. The summed E-state index contributed by atoms with van der Waals surface area (Å²) in [5, 5.41) is 9.48. The molecule has 1 N–H and O–H groups in total. The van der Waals surface area contributed by atoms with Gasteiger partial charge in [-0.2, -0.15) is 0 Å². The van der Waals surface area contributed by atoms with E-state index < -0.39 is 11.6 Å². The van der Waals surface area contributed by atoms with Crippen LogP contribution < -0.4 is 9.47 Å². The average Bonchev–Trinajstić information content (AvgIpc) is 3.30. The summed E-state index contributed by atoms with van der Waals surface area (Å²) in [6.45, 7) is 5.54. The highest BCUT2D eigenvalue weighted by molar-refractivity contribution is 5.77. The Hall–Kier alpha value is -4.06. The third kappa shape index (κ3) is 5.44. The summed E-state index contributed by atoms with van der Waals surface area (Å²) in [7, 11) is 0. The molecule has 0 atom stereocenters. The van der Waals surface area contributed by atoms with Crippen LogP contribution in [-0.4, -0.2) is 28.3 Å². The van der Waals surface area contributed by atoms with Gasteiger partial charge in [-0.15, -0.1) is 0 Å². The molecule has 0 spiro atoms. The number of fused-ring (bicyclic) bond motifs is 1. The zero-order valence-electron chi connectivity index (χ0n) is 22.1. The molecule has 0 unspecified atom stereocenters. The molecule has 0 fully saturated rings. The molecule has 1 aromatic heterocycles. The van der Waals surface area contributed by atoms with Gasteiger partial charge in [0.05, 0.1) is 12.3 Å². The first-order valence-electron chi connectivity index (χ1n) is 13.1. The van der Waals surface area contributed by atoms with Crippen LogP contribution in [0, 0.1) is 6.92 Å². The van der Waals surface area contributed by atoms with E-state index in [9.17, 15) is 9.90 Å². The lowest BCUT2D eigenvalue weighted by Crippen LogP contribution is -2.38. The highest BCUT2D eigenvalue weighted by Gasteiger charge is 2.31. The van der Waals surface area contributed by atoms with Gasteiger partial charge in [0.15, 0.2) is 5.60 Å². The van der Waals surface area contributed by atoms with Gasteiger partial charge >= 0.3 is 5.97 Å². The summed E-state index contributed by atoms with van der Waals surface area (Å²) in [6, 6.07) is 22.2. The van der Waals surface area contributed by atoms with Crippen molar-refractivity contribution in [3.63, 3.8) is 0 Å². The van der Waals surface area contributed by atoms with E-state index in [0.29, 0.717) is 24.7 Å². The monoisotopic (exact) mass is 511 g/mol. The Labute approximate surface area is 223 Å².